The number of carbonyl (C=O) groups is 1. The Morgan fingerprint density at radius 3 is 2.43 bits per heavy atom. The van der Waals surface area contributed by atoms with Crippen molar-refractivity contribution in [2.75, 3.05) is 6.54 Å². The molecule has 0 aromatic heterocycles. The van der Waals surface area contributed by atoms with Crippen LogP contribution in [0.25, 0.3) is 0 Å². The summed E-state index contributed by atoms with van der Waals surface area (Å²) in [7, 11) is 0. The summed E-state index contributed by atoms with van der Waals surface area (Å²) in [5.41, 5.74) is 0. The second kappa shape index (κ2) is 8.61. The van der Waals surface area contributed by atoms with Crippen molar-refractivity contribution in [3.8, 4) is 0 Å². The van der Waals surface area contributed by atoms with Gasteiger partial charge in [0.05, 0.1) is 12.0 Å². The van der Waals surface area contributed by atoms with Crippen molar-refractivity contribution >= 4 is 5.91 Å². The molecule has 3 nitrogen and oxygen atoms in total. The fourth-order valence-corrected chi connectivity index (χ4v) is 2.75. The highest BCUT2D eigenvalue weighted by molar-refractivity contribution is 5.82. The van der Waals surface area contributed by atoms with Gasteiger partial charge < -0.3 is 10.6 Å². The summed E-state index contributed by atoms with van der Waals surface area (Å²) in [5.74, 6) is -1.47. The Morgan fingerprint density at radius 1 is 1.24 bits per heavy atom. The van der Waals surface area contributed by atoms with Gasteiger partial charge in [-0.3, -0.25) is 4.79 Å². The third-order valence-corrected chi connectivity index (χ3v) is 4.08. The number of hydrogen-bond acceptors (Lipinski definition) is 2. The summed E-state index contributed by atoms with van der Waals surface area (Å²) in [4.78, 5) is 12.1. The smallest absolute Gasteiger partial charge is 0.352 e. The van der Waals surface area contributed by atoms with Crippen molar-refractivity contribution in [2.24, 2.45) is 5.92 Å². The number of hydrogen-bond donors (Lipinski definition) is 2. The van der Waals surface area contributed by atoms with Gasteiger partial charge in [0.1, 0.15) is 0 Å². The maximum Gasteiger partial charge on any atom is 0.393 e. The van der Waals surface area contributed by atoms with Crippen LogP contribution in [0, 0.1) is 5.92 Å². The molecule has 0 spiro atoms. The molecule has 1 amide bonds. The molecular formula is C15H27F3N2O. The highest BCUT2D eigenvalue weighted by Crippen LogP contribution is 2.31. The largest absolute Gasteiger partial charge is 0.393 e. The van der Waals surface area contributed by atoms with Gasteiger partial charge in [0.2, 0.25) is 5.91 Å². The topological polar surface area (TPSA) is 41.1 Å². The van der Waals surface area contributed by atoms with Crippen LogP contribution in [0.15, 0.2) is 0 Å². The van der Waals surface area contributed by atoms with Crippen molar-refractivity contribution in [3.63, 3.8) is 0 Å². The first kappa shape index (κ1) is 18.3. The van der Waals surface area contributed by atoms with E-state index in [1.165, 1.54) is 0 Å². The van der Waals surface area contributed by atoms with Gasteiger partial charge in [0.25, 0.3) is 0 Å². The fraction of sp³-hybridized carbons (Fsp3) is 0.933. The van der Waals surface area contributed by atoms with Gasteiger partial charge in [-0.1, -0.05) is 33.1 Å². The summed E-state index contributed by atoms with van der Waals surface area (Å²) in [6.07, 6.45) is 1.09. The average molecular weight is 308 g/mol. The molecule has 0 saturated carbocycles. The van der Waals surface area contributed by atoms with E-state index >= 15 is 0 Å². The second-order valence-electron chi connectivity index (χ2n) is 5.91. The molecule has 21 heavy (non-hydrogen) atoms. The van der Waals surface area contributed by atoms with Crippen LogP contribution in [0.1, 0.15) is 58.8 Å². The average Bonchev–Trinajstić information content (AvgIpc) is 2.44. The molecule has 3 atom stereocenters. The Kier molecular flexibility index (Phi) is 7.49. The van der Waals surface area contributed by atoms with Crippen molar-refractivity contribution in [3.05, 3.63) is 0 Å². The first-order valence-electron chi connectivity index (χ1n) is 7.98. The van der Waals surface area contributed by atoms with Gasteiger partial charge in [-0.25, -0.2) is 0 Å². The Hall–Kier alpha value is -0.780. The lowest BCUT2D eigenvalue weighted by Gasteiger charge is -2.31. The predicted octanol–water partition coefficient (Wildman–Crippen LogP) is 3.39. The van der Waals surface area contributed by atoms with E-state index in [0.29, 0.717) is 0 Å². The highest BCUT2D eigenvalue weighted by Gasteiger charge is 2.42. The maximum absolute atomic E-state index is 12.6. The minimum atomic E-state index is -4.17. The standard InChI is InChI=1S/C15H27F3N2O/c1-3-5-7-12(6-4-2)20-14(21)13-9-8-11(10-19-13)15(16,17)18/h11-13,19H,3-10H2,1-2H3,(H,20,21). The quantitative estimate of drug-likeness (QED) is 0.757. The summed E-state index contributed by atoms with van der Waals surface area (Å²) in [6, 6.07) is -0.339. The lowest BCUT2D eigenvalue weighted by molar-refractivity contribution is -0.180. The van der Waals surface area contributed by atoms with E-state index in [4.69, 9.17) is 0 Å². The number of rotatable bonds is 7. The molecule has 1 aliphatic rings. The molecular weight excluding hydrogens is 281 g/mol. The number of unbranched alkanes of at least 4 members (excludes halogenated alkanes) is 1. The van der Waals surface area contributed by atoms with Crippen LogP contribution in [-0.2, 0) is 4.79 Å². The molecule has 1 aliphatic heterocycles. The molecule has 1 fully saturated rings. The molecule has 0 bridgehead atoms. The lowest BCUT2D eigenvalue weighted by Crippen LogP contribution is -2.53. The first-order chi connectivity index (χ1) is 9.88. The van der Waals surface area contributed by atoms with E-state index in [-0.39, 0.29) is 31.3 Å². The van der Waals surface area contributed by atoms with E-state index in [1.54, 1.807) is 0 Å². The van der Waals surface area contributed by atoms with E-state index in [1.807, 2.05) is 0 Å². The molecule has 1 rings (SSSR count). The minimum absolute atomic E-state index is 0.0298. The molecule has 1 heterocycles. The van der Waals surface area contributed by atoms with Crippen LogP contribution in [0.2, 0.25) is 0 Å². The maximum atomic E-state index is 12.6. The number of alkyl halides is 3. The van der Waals surface area contributed by atoms with E-state index in [9.17, 15) is 18.0 Å². The van der Waals surface area contributed by atoms with E-state index in [2.05, 4.69) is 24.5 Å². The molecule has 0 aliphatic carbocycles. The van der Waals surface area contributed by atoms with Crippen LogP contribution >= 0.6 is 0 Å². The molecule has 0 radical (unpaired) electrons. The summed E-state index contributed by atoms with van der Waals surface area (Å²) >= 11 is 0. The zero-order chi connectivity index (χ0) is 15.9. The number of nitrogens with one attached hydrogen (secondary N) is 2. The number of piperidine rings is 1. The molecule has 0 aromatic rings. The third kappa shape index (κ3) is 6.24. The summed E-state index contributed by atoms with van der Waals surface area (Å²) in [5, 5.41) is 5.74. The van der Waals surface area contributed by atoms with Gasteiger partial charge >= 0.3 is 6.18 Å². The predicted molar refractivity (Wildman–Crippen MR) is 76.9 cm³/mol. The van der Waals surface area contributed by atoms with Gasteiger partial charge in [-0.15, -0.1) is 0 Å². The van der Waals surface area contributed by atoms with Crippen LogP contribution in [-0.4, -0.2) is 30.7 Å². The number of halogens is 3. The van der Waals surface area contributed by atoms with Crippen LogP contribution in [0.3, 0.4) is 0 Å². The van der Waals surface area contributed by atoms with Gasteiger partial charge in [0.15, 0.2) is 0 Å². The molecule has 2 N–H and O–H groups in total. The Morgan fingerprint density at radius 2 is 1.95 bits per heavy atom. The zero-order valence-corrected chi connectivity index (χ0v) is 12.9. The molecule has 1 saturated heterocycles. The van der Waals surface area contributed by atoms with E-state index in [0.717, 1.165) is 32.1 Å². The van der Waals surface area contributed by atoms with Crippen LogP contribution in [0.4, 0.5) is 13.2 Å². The number of carbonyl (C=O) groups excluding carboxylic acids is 1. The first-order valence-corrected chi connectivity index (χ1v) is 7.98. The Labute approximate surface area is 125 Å². The van der Waals surface area contributed by atoms with Crippen molar-refractivity contribution in [2.45, 2.75) is 77.1 Å². The van der Waals surface area contributed by atoms with Crippen LogP contribution in [0.5, 0.6) is 0 Å². The van der Waals surface area contributed by atoms with Crippen molar-refractivity contribution in [1.29, 1.82) is 0 Å². The van der Waals surface area contributed by atoms with Gasteiger partial charge in [-0.2, -0.15) is 13.2 Å². The SMILES string of the molecule is CCCCC(CCC)NC(=O)C1CCC(C(F)(F)F)CN1. The molecule has 3 unspecified atom stereocenters. The fourth-order valence-electron chi connectivity index (χ4n) is 2.75. The zero-order valence-electron chi connectivity index (χ0n) is 12.9. The second-order valence-corrected chi connectivity index (χ2v) is 5.91. The van der Waals surface area contributed by atoms with Gasteiger partial charge in [-0.05, 0) is 25.7 Å². The van der Waals surface area contributed by atoms with Crippen molar-refractivity contribution in [1.82, 2.24) is 10.6 Å². The molecule has 124 valence electrons. The van der Waals surface area contributed by atoms with Crippen LogP contribution < -0.4 is 10.6 Å². The minimum Gasteiger partial charge on any atom is -0.352 e. The van der Waals surface area contributed by atoms with Gasteiger partial charge in [0, 0.05) is 12.6 Å². The Balaban J connectivity index is 2.41. The molecule has 0 aromatic carbocycles. The summed E-state index contributed by atoms with van der Waals surface area (Å²) in [6.45, 7) is 4.01. The monoisotopic (exact) mass is 308 g/mol. The lowest BCUT2D eigenvalue weighted by atomic mass is 9.93. The Bertz CT molecular complexity index is 313. The van der Waals surface area contributed by atoms with E-state index < -0.39 is 18.1 Å². The number of amides is 1. The summed E-state index contributed by atoms with van der Waals surface area (Å²) < 4.78 is 37.7. The third-order valence-electron chi connectivity index (χ3n) is 4.08. The van der Waals surface area contributed by atoms with Crippen molar-refractivity contribution < 1.29 is 18.0 Å². The highest BCUT2D eigenvalue weighted by atomic mass is 19.4. The normalized spacial score (nSPS) is 24.6. The molecule has 6 heteroatoms.